The van der Waals surface area contributed by atoms with Gasteiger partial charge in [-0.15, -0.1) is 0 Å². The van der Waals surface area contributed by atoms with Crippen LogP contribution in [0.4, 0.5) is 0 Å². The summed E-state index contributed by atoms with van der Waals surface area (Å²) in [4.78, 5) is 0. The Labute approximate surface area is 134 Å². The van der Waals surface area contributed by atoms with Crippen LogP contribution < -0.4 is 5.32 Å². The van der Waals surface area contributed by atoms with Crippen LogP contribution in [0, 0.1) is 23.7 Å². The van der Waals surface area contributed by atoms with E-state index in [1.807, 2.05) is 0 Å². The van der Waals surface area contributed by atoms with E-state index in [-0.39, 0.29) is 5.60 Å². The molecule has 2 heterocycles. The second-order valence-corrected chi connectivity index (χ2v) is 9.13. The summed E-state index contributed by atoms with van der Waals surface area (Å²) < 4.78 is 6.31. The van der Waals surface area contributed by atoms with Crippen molar-refractivity contribution in [1.29, 1.82) is 0 Å². The van der Waals surface area contributed by atoms with E-state index < -0.39 is 0 Å². The number of rotatable bonds is 3. The van der Waals surface area contributed by atoms with E-state index in [0.717, 1.165) is 36.3 Å². The fourth-order valence-corrected chi connectivity index (χ4v) is 7.02. The van der Waals surface area contributed by atoms with Gasteiger partial charge in [0, 0.05) is 12.6 Å². The van der Waals surface area contributed by atoms with Crippen molar-refractivity contribution in [3.05, 3.63) is 0 Å². The molecule has 2 nitrogen and oxygen atoms in total. The normalized spacial score (nSPS) is 43.3. The Balaban J connectivity index is 1.44. The third kappa shape index (κ3) is 2.79. The van der Waals surface area contributed by atoms with Crippen molar-refractivity contribution in [2.75, 3.05) is 25.2 Å². The molecule has 0 aromatic carbocycles. The van der Waals surface area contributed by atoms with Crippen LogP contribution >= 0.6 is 11.8 Å². The minimum absolute atomic E-state index is 0.253. The number of nitrogens with one attached hydrogen (secondary N) is 1. The van der Waals surface area contributed by atoms with E-state index in [1.54, 1.807) is 0 Å². The van der Waals surface area contributed by atoms with Crippen molar-refractivity contribution in [3.63, 3.8) is 0 Å². The van der Waals surface area contributed by atoms with Gasteiger partial charge in [-0.3, -0.25) is 0 Å². The molecular formula is C18H31NOS. The van der Waals surface area contributed by atoms with Crippen LogP contribution in [0.5, 0.6) is 0 Å². The van der Waals surface area contributed by atoms with Gasteiger partial charge in [0.05, 0.1) is 5.60 Å². The maximum atomic E-state index is 6.31. The van der Waals surface area contributed by atoms with E-state index in [2.05, 4.69) is 24.1 Å². The molecule has 120 valence electrons. The molecule has 2 aliphatic carbocycles. The quantitative estimate of drug-likeness (QED) is 0.859. The van der Waals surface area contributed by atoms with Crippen LogP contribution in [0.2, 0.25) is 0 Å². The minimum Gasteiger partial charge on any atom is -0.375 e. The first-order valence-corrected chi connectivity index (χ1v) is 10.4. The van der Waals surface area contributed by atoms with Crippen molar-refractivity contribution in [2.24, 2.45) is 23.7 Å². The molecule has 0 radical (unpaired) electrons. The topological polar surface area (TPSA) is 21.3 Å². The Morgan fingerprint density at radius 1 is 1.10 bits per heavy atom. The van der Waals surface area contributed by atoms with Crippen molar-refractivity contribution < 1.29 is 4.74 Å². The zero-order valence-electron chi connectivity index (χ0n) is 13.5. The van der Waals surface area contributed by atoms with Crippen LogP contribution in [0.3, 0.4) is 0 Å². The van der Waals surface area contributed by atoms with Gasteiger partial charge in [-0.1, -0.05) is 12.8 Å². The summed E-state index contributed by atoms with van der Waals surface area (Å²) in [5, 5.41) is 3.75. The molecule has 2 aliphatic heterocycles. The fraction of sp³-hybridized carbons (Fsp3) is 1.00. The number of ether oxygens (including phenoxy) is 1. The summed E-state index contributed by atoms with van der Waals surface area (Å²) in [6.45, 7) is 1.01. The molecule has 21 heavy (non-hydrogen) atoms. The summed E-state index contributed by atoms with van der Waals surface area (Å²) in [6, 6.07) is 0.772. The molecule has 0 amide bonds. The van der Waals surface area contributed by atoms with Crippen molar-refractivity contribution in [1.82, 2.24) is 5.32 Å². The second kappa shape index (κ2) is 6.05. The molecule has 3 heteroatoms. The second-order valence-electron chi connectivity index (χ2n) is 7.90. The van der Waals surface area contributed by atoms with Crippen molar-refractivity contribution in [3.8, 4) is 0 Å². The molecule has 0 bridgehead atoms. The van der Waals surface area contributed by atoms with Gasteiger partial charge in [-0.05, 0) is 80.7 Å². The maximum Gasteiger partial charge on any atom is 0.0701 e. The predicted molar refractivity (Wildman–Crippen MR) is 89.8 cm³/mol. The predicted octanol–water partition coefficient (Wildman–Crippen LogP) is 3.70. The van der Waals surface area contributed by atoms with Crippen LogP contribution in [-0.4, -0.2) is 36.8 Å². The molecule has 1 spiro atoms. The number of thioether (sulfide) groups is 1. The third-order valence-corrected chi connectivity index (χ3v) is 7.90. The SMILES string of the molecule is CNC(C1CCOC2(CCSCC2)C1)C1C2CCCCC21. The first-order valence-electron chi connectivity index (χ1n) is 9.22. The van der Waals surface area contributed by atoms with E-state index in [9.17, 15) is 0 Å². The monoisotopic (exact) mass is 309 g/mol. The Hall–Kier alpha value is 0.270. The van der Waals surface area contributed by atoms with Gasteiger partial charge in [0.2, 0.25) is 0 Å². The van der Waals surface area contributed by atoms with Crippen LogP contribution in [0.25, 0.3) is 0 Å². The van der Waals surface area contributed by atoms with E-state index in [4.69, 9.17) is 4.74 Å². The van der Waals surface area contributed by atoms with Crippen LogP contribution in [0.1, 0.15) is 51.4 Å². The Kier molecular flexibility index (Phi) is 4.27. The van der Waals surface area contributed by atoms with Crippen molar-refractivity contribution >= 4 is 11.8 Å². The van der Waals surface area contributed by atoms with Crippen LogP contribution in [-0.2, 0) is 4.74 Å². The highest BCUT2D eigenvalue weighted by Gasteiger charge is 2.56. The van der Waals surface area contributed by atoms with Crippen molar-refractivity contribution in [2.45, 2.75) is 63.0 Å². The van der Waals surface area contributed by atoms with Gasteiger partial charge in [0.15, 0.2) is 0 Å². The molecule has 4 atom stereocenters. The molecule has 1 N–H and O–H groups in total. The molecule has 0 aromatic heterocycles. The largest absolute Gasteiger partial charge is 0.375 e. The first kappa shape index (κ1) is 14.8. The highest BCUT2D eigenvalue weighted by Crippen LogP contribution is 2.59. The molecule has 2 saturated heterocycles. The summed E-state index contributed by atoms with van der Waals surface area (Å²) >= 11 is 2.12. The Morgan fingerprint density at radius 3 is 2.48 bits per heavy atom. The Bertz CT molecular complexity index is 351. The fourth-order valence-electron chi connectivity index (χ4n) is 5.79. The third-order valence-electron chi connectivity index (χ3n) is 6.91. The zero-order chi connectivity index (χ0) is 14.3. The summed E-state index contributed by atoms with van der Waals surface area (Å²) in [6.07, 6.45) is 11.2. The molecule has 4 rings (SSSR count). The Morgan fingerprint density at radius 2 is 1.81 bits per heavy atom. The van der Waals surface area contributed by atoms with Gasteiger partial charge in [-0.25, -0.2) is 0 Å². The summed E-state index contributed by atoms with van der Waals surface area (Å²) in [5.41, 5.74) is 0.253. The highest BCUT2D eigenvalue weighted by atomic mass is 32.2. The average Bonchev–Trinajstić information content (AvgIpc) is 3.24. The minimum atomic E-state index is 0.253. The van der Waals surface area contributed by atoms with Gasteiger partial charge >= 0.3 is 0 Å². The van der Waals surface area contributed by atoms with Gasteiger partial charge < -0.3 is 10.1 Å². The van der Waals surface area contributed by atoms with E-state index in [0.29, 0.717) is 0 Å². The molecular weight excluding hydrogens is 278 g/mol. The smallest absolute Gasteiger partial charge is 0.0701 e. The lowest BCUT2D eigenvalue weighted by Crippen LogP contribution is -2.48. The molecule has 4 fully saturated rings. The maximum absolute atomic E-state index is 6.31. The van der Waals surface area contributed by atoms with E-state index >= 15 is 0 Å². The standard InChI is InChI=1S/C18H31NOS/c1-19-17(16-14-4-2-3-5-15(14)16)13-6-9-20-18(12-13)7-10-21-11-8-18/h13-17,19H,2-12H2,1H3. The van der Waals surface area contributed by atoms with E-state index in [1.165, 1.54) is 62.9 Å². The summed E-state index contributed by atoms with van der Waals surface area (Å²) in [5.74, 6) is 6.61. The summed E-state index contributed by atoms with van der Waals surface area (Å²) in [7, 11) is 2.22. The van der Waals surface area contributed by atoms with Gasteiger partial charge in [0.1, 0.15) is 0 Å². The van der Waals surface area contributed by atoms with Gasteiger partial charge in [-0.2, -0.15) is 11.8 Å². The average molecular weight is 310 g/mol. The lowest BCUT2D eigenvalue weighted by atomic mass is 9.77. The lowest BCUT2D eigenvalue weighted by molar-refractivity contribution is -0.108. The molecule has 0 aromatic rings. The molecule has 2 saturated carbocycles. The van der Waals surface area contributed by atoms with Gasteiger partial charge in [0.25, 0.3) is 0 Å². The molecule has 4 unspecified atom stereocenters. The first-order chi connectivity index (χ1) is 10.3. The number of hydrogen-bond donors (Lipinski definition) is 1. The lowest BCUT2D eigenvalue weighted by Gasteiger charge is -2.45. The zero-order valence-corrected chi connectivity index (χ0v) is 14.3. The molecule has 4 aliphatic rings. The van der Waals surface area contributed by atoms with Crippen LogP contribution in [0.15, 0.2) is 0 Å². The number of fused-ring (bicyclic) bond motifs is 1. The number of hydrogen-bond acceptors (Lipinski definition) is 3. The highest BCUT2D eigenvalue weighted by molar-refractivity contribution is 7.99.